The molecule has 0 aliphatic carbocycles. The van der Waals surface area contributed by atoms with Crippen LogP contribution in [0.3, 0.4) is 0 Å². The van der Waals surface area contributed by atoms with Gasteiger partial charge in [0, 0.05) is 25.6 Å². The van der Waals surface area contributed by atoms with Crippen LogP contribution in [-0.4, -0.2) is 49.4 Å². The van der Waals surface area contributed by atoms with Crippen molar-refractivity contribution in [2.24, 2.45) is 5.92 Å². The van der Waals surface area contributed by atoms with E-state index in [1.807, 2.05) is 6.92 Å². The maximum absolute atomic E-state index is 12.4. The van der Waals surface area contributed by atoms with E-state index in [4.69, 9.17) is 0 Å². The Balaban J connectivity index is 2.60. The SMILES string of the molecule is CCCN(CC(=O)NC)C(=O)[C@H]1CCN[C@@H](C)C1. The van der Waals surface area contributed by atoms with Gasteiger partial charge in [0.05, 0.1) is 6.54 Å². The minimum atomic E-state index is -0.0983. The van der Waals surface area contributed by atoms with Gasteiger partial charge in [0.2, 0.25) is 11.8 Å². The van der Waals surface area contributed by atoms with Gasteiger partial charge in [0.15, 0.2) is 0 Å². The molecule has 1 saturated heterocycles. The van der Waals surface area contributed by atoms with Crippen molar-refractivity contribution in [2.75, 3.05) is 26.7 Å². The number of amides is 2. The molecule has 2 amide bonds. The first-order valence-electron chi connectivity index (χ1n) is 6.81. The van der Waals surface area contributed by atoms with Crippen molar-refractivity contribution < 1.29 is 9.59 Å². The molecule has 1 aliphatic heterocycles. The molecule has 0 aromatic rings. The zero-order valence-corrected chi connectivity index (χ0v) is 11.7. The van der Waals surface area contributed by atoms with Crippen LogP contribution in [0.4, 0.5) is 0 Å². The van der Waals surface area contributed by atoms with E-state index < -0.39 is 0 Å². The zero-order chi connectivity index (χ0) is 13.5. The quantitative estimate of drug-likeness (QED) is 0.745. The van der Waals surface area contributed by atoms with E-state index in [-0.39, 0.29) is 24.3 Å². The first kappa shape index (κ1) is 15.0. The van der Waals surface area contributed by atoms with Crippen molar-refractivity contribution in [3.63, 3.8) is 0 Å². The van der Waals surface area contributed by atoms with Crippen LogP contribution in [0.5, 0.6) is 0 Å². The largest absolute Gasteiger partial charge is 0.358 e. The average Bonchev–Trinajstić information content (AvgIpc) is 2.37. The first-order chi connectivity index (χ1) is 8.58. The van der Waals surface area contributed by atoms with Crippen LogP contribution in [0.2, 0.25) is 0 Å². The van der Waals surface area contributed by atoms with Gasteiger partial charge in [-0.1, -0.05) is 6.92 Å². The molecular formula is C13H25N3O2. The lowest BCUT2D eigenvalue weighted by Gasteiger charge is -2.31. The van der Waals surface area contributed by atoms with Crippen LogP contribution >= 0.6 is 0 Å². The van der Waals surface area contributed by atoms with Gasteiger partial charge in [-0.2, -0.15) is 0 Å². The lowest BCUT2D eigenvalue weighted by atomic mass is 9.92. The maximum Gasteiger partial charge on any atom is 0.239 e. The van der Waals surface area contributed by atoms with Crippen LogP contribution in [0, 0.1) is 5.92 Å². The summed E-state index contributed by atoms with van der Waals surface area (Å²) >= 11 is 0. The zero-order valence-electron chi connectivity index (χ0n) is 11.7. The molecule has 0 radical (unpaired) electrons. The monoisotopic (exact) mass is 255 g/mol. The Labute approximate surface area is 109 Å². The number of carbonyl (C=O) groups excluding carboxylic acids is 2. The second-order valence-electron chi connectivity index (χ2n) is 5.01. The van der Waals surface area contributed by atoms with Gasteiger partial charge < -0.3 is 15.5 Å². The predicted molar refractivity (Wildman–Crippen MR) is 71.1 cm³/mol. The van der Waals surface area contributed by atoms with Gasteiger partial charge in [0.1, 0.15) is 0 Å². The fraction of sp³-hybridized carbons (Fsp3) is 0.846. The Kier molecular flexibility index (Phi) is 6.12. The van der Waals surface area contributed by atoms with Crippen LogP contribution in [0.15, 0.2) is 0 Å². The highest BCUT2D eigenvalue weighted by atomic mass is 16.2. The normalized spacial score (nSPS) is 23.5. The number of piperidine rings is 1. The maximum atomic E-state index is 12.4. The molecule has 1 heterocycles. The van der Waals surface area contributed by atoms with E-state index in [2.05, 4.69) is 17.6 Å². The molecule has 1 aliphatic rings. The predicted octanol–water partition coefficient (Wildman–Crippen LogP) is 0.359. The van der Waals surface area contributed by atoms with Crippen LogP contribution in [-0.2, 0) is 9.59 Å². The standard InChI is InChI=1S/C13H25N3O2/c1-4-7-16(9-12(17)14-3)13(18)11-5-6-15-10(2)8-11/h10-11,15H,4-9H2,1-3H3,(H,14,17)/t10-,11-/m0/s1. The Bertz CT molecular complexity index is 294. The molecule has 0 saturated carbocycles. The average molecular weight is 255 g/mol. The third kappa shape index (κ3) is 4.29. The number of carbonyl (C=O) groups is 2. The van der Waals surface area contributed by atoms with Crippen LogP contribution < -0.4 is 10.6 Å². The number of nitrogens with one attached hydrogen (secondary N) is 2. The molecule has 0 aromatic heterocycles. The second-order valence-corrected chi connectivity index (χ2v) is 5.01. The topological polar surface area (TPSA) is 61.4 Å². The van der Waals surface area contributed by atoms with E-state index in [1.54, 1.807) is 11.9 Å². The molecule has 18 heavy (non-hydrogen) atoms. The molecule has 1 fully saturated rings. The number of rotatable bonds is 5. The minimum absolute atomic E-state index is 0.0671. The van der Waals surface area contributed by atoms with E-state index in [0.29, 0.717) is 12.6 Å². The fourth-order valence-corrected chi connectivity index (χ4v) is 2.40. The second kappa shape index (κ2) is 7.36. The summed E-state index contributed by atoms with van der Waals surface area (Å²) in [4.78, 5) is 25.5. The van der Waals surface area contributed by atoms with Crippen molar-refractivity contribution in [3.8, 4) is 0 Å². The first-order valence-corrected chi connectivity index (χ1v) is 6.81. The summed E-state index contributed by atoms with van der Waals surface area (Å²) in [5, 5.41) is 5.91. The molecule has 0 unspecified atom stereocenters. The summed E-state index contributed by atoms with van der Waals surface area (Å²) in [7, 11) is 1.60. The molecule has 0 spiro atoms. The summed E-state index contributed by atoms with van der Waals surface area (Å²) in [6.07, 6.45) is 2.62. The summed E-state index contributed by atoms with van der Waals surface area (Å²) in [5.74, 6) is 0.102. The van der Waals surface area contributed by atoms with Gasteiger partial charge in [-0.3, -0.25) is 9.59 Å². The van der Waals surface area contributed by atoms with Gasteiger partial charge in [-0.05, 0) is 32.7 Å². The summed E-state index contributed by atoms with van der Waals surface area (Å²) in [6, 6.07) is 0.385. The molecule has 104 valence electrons. The van der Waals surface area contributed by atoms with Crippen molar-refractivity contribution in [1.82, 2.24) is 15.5 Å². The van der Waals surface area contributed by atoms with Crippen molar-refractivity contribution >= 4 is 11.8 Å². The Morgan fingerprint density at radius 1 is 1.44 bits per heavy atom. The van der Waals surface area contributed by atoms with Crippen molar-refractivity contribution in [3.05, 3.63) is 0 Å². The minimum Gasteiger partial charge on any atom is -0.358 e. The van der Waals surface area contributed by atoms with Gasteiger partial charge in [-0.15, -0.1) is 0 Å². The van der Waals surface area contributed by atoms with Gasteiger partial charge in [-0.25, -0.2) is 0 Å². The lowest BCUT2D eigenvalue weighted by Crippen LogP contribution is -2.47. The van der Waals surface area contributed by atoms with Crippen LogP contribution in [0.1, 0.15) is 33.1 Å². The molecule has 5 heteroatoms. The molecule has 5 nitrogen and oxygen atoms in total. The van der Waals surface area contributed by atoms with Gasteiger partial charge >= 0.3 is 0 Å². The third-order valence-electron chi connectivity index (χ3n) is 3.39. The third-order valence-corrected chi connectivity index (χ3v) is 3.39. The van der Waals surface area contributed by atoms with Crippen molar-refractivity contribution in [1.29, 1.82) is 0 Å². The highest BCUT2D eigenvalue weighted by Gasteiger charge is 2.28. The smallest absolute Gasteiger partial charge is 0.239 e. The highest BCUT2D eigenvalue weighted by Crippen LogP contribution is 2.18. The summed E-state index contributed by atoms with van der Waals surface area (Å²) in [6.45, 7) is 5.85. The summed E-state index contributed by atoms with van der Waals surface area (Å²) < 4.78 is 0. The van der Waals surface area contributed by atoms with Crippen molar-refractivity contribution in [2.45, 2.75) is 39.2 Å². The number of hydrogen-bond acceptors (Lipinski definition) is 3. The summed E-state index contributed by atoms with van der Waals surface area (Å²) in [5.41, 5.74) is 0. The molecule has 0 aromatic carbocycles. The van der Waals surface area contributed by atoms with E-state index in [1.165, 1.54) is 0 Å². The van der Waals surface area contributed by atoms with E-state index in [0.717, 1.165) is 25.8 Å². The molecule has 2 N–H and O–H groups in total. The fourth-order valence-electron chi connectivity index (χ4n) is 2.40. The van der Waals surface area contributed by atoms with Crippen LogP contribution in [0.25, 0.3) is 0 Å². The molecular weight excluding hydrogens is 230 g/mol. The molecule has 0 bridgehead atoms. The van der Waals surface area contributed by atoms with Gasteiger partial charge in [0.25, 0.3) is 0 Å². The lowest BCUT2D eigenvalue weighted by molar-refractivity contribution is -0.140. The Morgan fingerprint density at radius 3 is 2.72 bits per heavy atom. The number of hydrogen-bond donors (Lipinski definition) is 2. The number of nitrogens with zero attached hydrogens (tertiary/aromatic N) is 1. The Hall–Kier alpha value is -1.10. The van der Waals surface area contributed by atoms with E-state index in [9.17, 15) is 9.59 Å². The van der Waals surface area contributed by atoms with E-state index >= 15 is 0 Å². The Morgan fingerprint density at radius 2 is 2.17 bits per heavy atom. The number of likely N-dealkylation sites (N-methyl/N-ethyl adjacent to an activating group) is 1. The molecule has 1 rings (SSSR count). The molecule has 2 atom stereocenters. The highest BCUT2D eigenvalue weighted by molar-refractivity contribution is 5.85.